The van der Waals surface area contributed by atoms with Crippen LogP contribution in [0.1, 0.15) is 35.0 Å². The van der Waals surface area contributed by atoms with Gasteiger partial charge in [0, 0.05) is 17.6 Å². The van der Waals surface area contributed by atoms with E-state index in [9.17, 15) is 9.59 Å². The van der Waals surface area contributed by atoms with Crippen LogP contribution in [0.3, 0.4) is 0 Å². The lowest BCUT2D eigenvalue weighted by molar-refractivity contribution is -0.122. The Morgan fingerprint density at radius 1 is 1.06 bits per heavy atom. The third kappa shape index (κ3) is 3.87. The summed E-state index contributed by atoms with van der Waals surface area (Å²) in [4.78, 5) is 31.9. The summed E-state index contributed by atoms with van der Waals surface area (Å²) in [5.74, 6) is -0.158. The maximum absolute atomic E-state index is 13.3. The summed E-state index contributed by atoms with van der Waals surface area (Å²) in [6.07, 6.45) is 4.33. The van der Waals surface area contributed by atoms with E-state index in [2.05, 4.69) is 17.2 Å². The fraction of sp³-hybridized carbons (Fsp3) is 0.200. The number of pyridine rings is 1. The molecule has 7 heteroatoms. The van der Waals surface area contributed by atoms with Crippen LogP contribution in [0.2, 0.25) is 0 Å². The fourth-order valence-electron chi connectivity index (χ4n) is 3.81. The molecule has 1 N–H and O–H groups in total. The Morgan fingerprint density at radius 3 is 2.41 bits per heavy atom. The van der Waals surface area contributed by atoms with E-state index in [1.807, 2.05) is 74.0 Å². The number of anilines is 1. The minimum absolute atomic E-state index is 0.0373. The molecule has 162 valence electrons. The highest BCUT2D eigenvalue weighted by atomic mass is 32.1. The molecule has 1 saturated heterocycles. The van der Waals surface area contributed by atoms with Gasteiger partial charge in [0.1, 0.15) is 11.4 Å². The van der Waals surface area contributed by atoms with Gasteiger partial charge in [-0.1, -0.05) is 25.1 Å². The van der Waals surface area contributed by atoms with Gasteiger partial charge >= 0.3 is 0 Å². The summed E-state index contributed by atoms with van der Waals surface area (Å²) in [6.45, 7) is 7.96. The SMILES string of the molecule is CCc1ccc(N2C(=O)/C(=C/c3cc(C)n(-c4ccc(C)cn4)c3C)C(=O)NC2=S)cc1. The first kappa shape index (κ1) is 21.6. The molecule has 2 amide bonds. The second kappa shape index (κ2) is 8.51. The Bertz CT molecular complexity index is 1250. The fourth-order valence-corrected chi connectivity index (χ4v) is 4.09. The van der Waals surface area contributed by atoms with E-state index in [1.165, 1.54) is 4.90 Å². The lowest BCUT2D eigenvalue weighted by Gasteiger charge is -2.29. The monoisotopic (exact) mass is 444 g/mol. The minimum Gasteiger partial charge on any atom is -0.303 e. The van der Waals surface area contributed by atoms with E-state index in [0.717, 1.165) is 40.3 Å². The Labute approximate surface area is 192 Å². The molecule has 2 aromatic heterocycles. The van der Waals surface area contributed by atoms with Crippen molar-refractivity contribution >= 4 is 40.9 Å². The summed E-state index contributed by atoms with van der Waals surface area (Å²) in [5, 5.41) is 2.73. The Balaban J connectivity index is 1.73. The Kier molecular flexibility index (Phi) is 5.76. The van der Waals surface area contributed by atoms with Crippen LogP contribution in [0.4, 0.5) is 5.69 Å². The number of carbonyl (C=O) groups is 2. The number of aromatic nitrogens is 2. The first-order valence-electron chi connectivity index (χ1n) is 10.4. The number of thiocarbonyl (C=S) groups is 1. The second-order valence-corrected chi connectivity index (χ2v) is 8.22. The van der Waals surface area contributed by atoms with Crippen LogP contribution < -0.4 is 10.2 Å². The number of hydrogen-bond acceptors (Lipinski definition) is 4. The molecule has 0 aliphatic carbocycles. The topological polar surface area (TPSA) is 67.2 Å². The Morgan fingerprint density at radius 2 is 1.78 bits per heavy atom. The number of benzene rings is 1. The number of nitrogens with one attached hydrogen (secondary N) is 1. The van der Waals surface area contributed by atoms with Gasteiger partial charge in [-0.3, -0.25) is 19.8 Å². The van der Waals surface area contributed by atoms with Crippen LogP contribution >= 0.6 is 12.2 Å². The zero-order valence-electron chi connectivity index (χ0n) is 18.5. The minimum atomic E-state index is -0.500. The smallest absolute Gasteiger partial charge is 0.270 e. The molecule has 0 atom stereocenters. The van der Waals surface area contributed by atoms with E-state index in [1.54, 1.807) is 6.08 Å². The maximum atomic E-state index is 13.3. The highest BCUT2D eigenvalue weighted by Gasteiger charge is 2.34. The van der Waals surface area contributed by atoms with Crippen LogP contribution in [0, 0.1) is 20.8 Å². The molecule has 0 bridgehead atoms. The predicted molar refractivity (Wildman–Crippen MR) is 130 cm³/mol. The third-order valence-electron chi connectivity index (χ3n) is 5.60. The summed E-state index contributed by atoms with van der Waals surface area (Å²) in [6, 6.07) is 13.5. The van der Waals surface area contributed by atoms with E-state index in [0.29, 0.717) is 5.69 Å². The van der Waals surface area contributed by atoms with E-state index in [-0.39, 0.29) is 10.7 Å². The quantitative estimate of drug-likeness (QED) is 0.372. The van der Waals surface area contributed by atoms with Gasteiger partial charge in [-0.05, 0) is 86.4 Å². The van der Waals surface area contributed by atoms with E-state index >= 15 is 0 Å². The molecule has 1 aromatic carbocycles. The second-order valence-electron chi connectivity index (χ2n) is 7.83. The largest absolute Gasteiger partial charge is 0.303 e. The van der Waals surface area contributed by atoms with Crippen LogP contribution in [0.5, 0.6) is 0 Å². The van der Waals surface area contributed by atoms with Crippen LogP contribution in [-0.2, 0) is 16.0 Å². The molecule has 3 heterocycles. The normalized spacial score (nSPS) is 15.4. The van der Waals surface area contributed by atoms with Crippen LogP contribution in [0.15, 0.2) is 54.2 Å². The number of hydrogen-bond donors (Lipinski definition) is 1. The molecule has 1 fully saturated rings. The zero-order valence-corrected chi connectivity index (χ0v) is 19.3. The number of rotatable bonds is 4. The van der Waals surface area contributed by atoms with Gasteiger partial charge in [0.25, 0.3) is 11.8 Å². The van der Waals surface area contributed by atoms with E-state index < -0.39 is 11.8 Å². The average molecular weight is 445 g/mol. The van der Waals surface area contributed by atoms with Crippen molar-refractivity contribution < 1.29 is 9.59 Å². The third-order valence-corrected chi connectivity index (χ3v) is 5.88. The molecule has 6 nitrogen and oxygen atoms in total. The average Bonchev–Trinajstić information content (AvgIpc) is 3.05. The van der Waals surface area contributed by atoms with Crippen molar-refractivity contribution in [2.45, 2.75) is 34.1 Å². The van der Waals surface area contributed by atoms with Gasteiger partial charge < -0.3 is 4.57 Å². The van der Waals surface area contributed by atoms with Crippen LogP contribution in [-0.4, -0.2) is 26.5 Å². The van der Waals surface area contributed by atoms with Gasteiger partial charge in [-0.2, -0.15) is 0 Å². The van der Waals surface area contributed by atoms with Crippen molar-refractivity contribution in [3.8, 4) is 5.82 Å². The lowest BCUT2D eigenvalue weighted by atomic mass is 10.1. The summed E-state index contributed by atoms with van der Waals surface area (Å²) in [7, 11) is 0. The molecule has 0 spiro atoms. The number of amides is 2. The van der Waals surface area contributed by atoms with Crippen molar-refractivity contribution in [3.05, 3.63) is 82.3 Å². The Hall–Kier alpha value is -3.58. The van der Waals surface area contributed by atoms with Gasteiger partial charge in [-0.15, -0.1) is 0 Å². The zero-order chi connectivity index (χ0) is 23.0. The van der Waals surface area contributed by atoms with Crippen molar-refractivity contribution in [2.75, 3.05) is 4.90 Å². The number of aryl methyl sites for hydroxylation is 3. The molecule has 0 saturated carbocycles. The molecule has 4 rings (SSSR count). The molecule has 0 unspecified atom stereocenters. The standard InChI is InChI=1S/C25H24N4O2S/c1-5-18-7-9-20(10-8-18)29-24(31)21(23(30)27-25(29)32)13-19-12-16(3)28(17(19)4)22-11-6-15(2)14-26-22/h6-14H,5H2,1-4H3,(H,27,30,32)/b21-13+. The molecule has 3 aromatic rings. The molecule has 0 radical (unpaired) electrons. The molecule has 1 aliphatic rings. The molecular formula is C25H24N4O2S. The highest BCUT2D eigenvalue weighted by Crippen LogP contribution is 2.26. The first-order valence-corrected chi connectivity index (χ1v) is 10.8. The van der Waals surface area contributed by atoms with Crippen LogP contribution in [0.25, 0.3) is 11.9 Å². The molecule has 1 aliphatic heterocycles. The first-order chi connectivity index (χ1) is 15.3. The van der Waals surface area contributed by atoms with Gasteiger partial charge in [0.15, 0.2) is 5.11 Å². The van der Waals surface area contributed by atoms with Crippen molar-refractivity contribution in [2.24, 2.45) is 0 Å². The predicted octanol–water partition coefficient (Wildman–Crippen LogP) is 4.19. The van der Waals surface area contributed by atoms with Crippen molar-refractivity contribution in [1.82, 2.24) is 14.9 Å². The van der Waals surface area contributed by atoms with Gasteiger partial charge in [-0.25, -0.2) is 4.98 Å². The summed E-state index contributed by atoms with van der Waals surface area (Å²) < 4.78 is 2.00. The van der Waals surface area contributed by atoms with Gasteiger partial charge in [0.2, 0.25) is 0 Å². The lowest BCUT2D eigenvalue weighted by Crippen LogP contribution is -2.54. The highest BCUT2D eigenvalue weighted by molar-refractivity contribution is 7.80. The summed E-state index contributed by atoms with van der Waals surface area (Å²) >= 11 is 5.30. The molecular weight excluding hydrogens is 420 g/mol. The van der Waals surface area contributed by atoms with Crippen molar-refractivity contribution in [3.63, 3.8) is 0 Å². The van der Waals surface area contributed by atoms with E-state index in [4.69, 9.17) is 12.2 Å². The number of carbonyl (C=O) groups excluding carboxylic acids is 2. The maximum Gasteiger partial charge on any atom is 0.270 e. The van der Waals surface area contributed by atoms with Gasteiger partial charge in [0.05, 0.1) is 5.69 Å². The van der Waals surface area contributed by atoms with Crippen molar-refractivity contribution in [1.29, 1.82) is 0 Å². The number of nitrogens with zero attached hydrogens (tertiary/aromatic N) is 3. The summed E-state index contributed by atoms with van der Waals surface area (Å²) in [5.41, 5.74) is 5.51. The molecule has 32 heavy (non-hydrogen) atoms.